The predicted molar refractivity (Wildman–Crippen MR) is 94.1 cm³/mol. The minimum absolute atomic E-state index is 0.117. The molecule has 1 amide bonds. The zero-order valence-corrected chi connectivity index (χ0v) is 14.0. The molecular formula is C16H17NO4S2. The summed E-state index contributed by atoms with van der Waals surface area (Å²) in [6.07, 6.45) is 3.83. The number of hydrogen-bond donors (Lipinski definition) is 2. The Morgan fingerprint density at radius 3 is 2.70 bits per heavy atom. The van der Waals surface area contributed by atoms with Crippen LogP contribution in [0.3, 0.4) is 0 Å². The molecule has 122 valence electrons. The van der Waals surface area contributed by atoms with Crippen LogP contribution in [0.2, 0.25) is 0 Å². The van der Waals surface area contributed by atoms with Gasteiger partial charge in [-0.15, -0.1) is 0 Å². The molecule has 23 heavy (non-hydrogen) atoms. The molecule has 1 aromatic carbocycles. The molecule has 1 fully saturated rings. The van der Waals surface area contributed by atoms with Gasteiger partial charge in [0.25, 0.3) is 5.91 Å². The highest BCUT2D eigenvalue weighted by Gasteiger charge is 2.31. The van der Waals surface area contributed by atoms with Crippen LogP contribution in [0, 0.1) is 0 Å². The van der Waals surface area contributed by atoms with Gasteiger partial charge in [-0.25, -0.2) is 0 Å². The number of carboxylic acids is 1. The fraction of sp³-hybridized carbons (Fsp3) is 0.312. The van der Waals surface area contributed by atoms with E-state index in [0.717, 1.165) is 6.42 Å². The van der Waals surface area contributed by atoms with E-state index in [-0.39, 0.29) is 18.1 Å². The van der Waals surface area contributed by atoms with E-state index < -0.39 is 5.97 Å². The van der Waals surface area contributed by atoms with E-state index >= 15 is 0 Å². The van der Waals surface area contributed by atoms with Crippen molar-refractivity contribution in [2.45, 2.75) is 25.7 Å². The maximum Gasteiger partial charge on any atom is 0.303 e. The van der Waals surface area contributed by atoms with Crippen LogP contribution in [0.5, 0.6) is 5.75 Å². The Hall–Kier alpha value is -1.86. The topological polar surface area (TPSA) is 77.8 Å². The van der Waals surface area contributed by atoms with Crippen LogP contribution in [-0.4, -0.2) is 37.9 Å². The maximum absolute atomic E-state index is 12.4. The summed E-state index contributed by atoms with van der Waals surface area (Å²) in [7, 11) is 0. The van der Waals surface area contributed by atoms with Gasteiger partial charge in [0.2, 0.25) is 0 Å². The molecule has 7 heteroatoms. The summed E-state index contributed by atoms with van der Waals surface area (Å²) in [5, 5.41) is 18.4. The van der Waals surface area contributed by atoms with E-state index in [1.165, 1.54) is 16.7 Å². The number of benzene rings is 1. The van der Waals surface area contributed by atoms with E-state index in [1.807, 2.05) is 0 Å². The number of phenols is 1. The molecule has 2 rings (SSSR count). The molecule has 0 atom stereocenters. The molecular weight excluding hydrogens is 334 g/mol. The normalized spacial score (nSPS) is 16.3. The number of aliphatic carboxylic acids is 1. The molecule has 1 heterocycles. The number of thiocarbonyl (C=S) groups is 1. The summed E-state index contributed by atoms with van der Waals surface area (Å²) in [6, 6.07) is 6.80. The number of phenolic OH excluding ortho intramolecular Hbond substituents is 1. The van der Waals surface area contributed by atoms with Gasteiger partial charge in [0, 0.05) is 18.5 Å². The van der Waals surface area contributed by atoms with Crippen LogP contribution in [0.4, 0.5) is 0 Å². The zero-order chi connectivity index (χ0) is 16.8. The monoisotopic (exact) mass is 351 g/mol. The molecule has 1 aliphatic rings. The number of rotatable bonds is 7. The van der Waals surface area contributed by atoms with Gasteiger partial charge in [-0.05, 0) is 25.0 Å². The first-order chi connectivity index (χ1) is 11.0. The molecule has 5 nitrogen and oxygen atoms in total. The first-order valence-corrected chi connectivity index (χ1v) is 8.46. The van der Waals surface area contributed by atoms with Crippen LogP contribution in [0.1, 0.15) is 31.2 Å². The minimum Gasteiger partial charge on any atom is -0.507 e. The third-order valence-electron chi connectivity index (χ3n) is 3.37. The van der Waals surface area contributed by atoms with E-state index in [4.69, 9.17) is 17.3 Å². The average molecular weight is 351 g/mol. The number of aromatic hydroxyl groups is 1. The molecule has 0 unspecified atom stereocenters. The highest BCUT2D eigenvalue weighted by atomic mass is 32.2. The lowest BCUT2D eigenvalue weighted by atomic mass is 10.1. The van der Waals surface area contributed by atoms with Gasteiger partial charge in [-0.3, -0.25) is 14.5 Å². The smallest absolute Gasteiger partial charge is 0.303 e. The molecule has 0 aliphatic carbocycles. The minimum atomic E-state index is -0.804. The van der Waals surface area contributed by atoms with Crippen molar-refractivity contribution in [3.05, 3.63) is 34.7 Å². The van der Waals surface area contributed by atoms with E-state index in [0.29, 0.717) is 34.2 Å². The standard InChI is InChI=1S/C16H17NO4S2/c18-12-7-4-3-6-11(12)10-13-15(21)17(16(22)23-13)9-5-1-2-8-14(19)20/h3-4,6-7,10,18H,1-2,5,8-9H2,(H,19,20)/b13-10+. The summed E-state index contributed by atoms with van der Waals surface area (Å²) < 4.78 is 0.495. The summed E-state index contributed by atoms with van der Waals surface area (Å²) in [5.74, 6) is -0.853. The Kier molecular flexibility index (Phi) is 6.18. The number of hydrogen-bond acceptors (Lipinski definition) is 5. The lowest BCUT2D eigenvalue weighted by molar-refractivity contribution is -0.137. The fourth-order valence-corrected chi connectivity index (χ4v) is 3.47. The molecule has 0 aromatic heterocycles. The van der Waals surface area contributed by atoms with Gasteiger partial charge in [0.05, 0.1) is 4.91 Å². The van der Waals surface area contributed by atoms with Crippen LogP contribution in [0.15, 0.2) is 29.2 Å². The largest absolute Gasteiger partial charge is 0.507 e. The van der Waals surface area contributed by atoms with E-state index in [1.54, 1.807) is 30.3 Å². The number of unbranched alkanes of at least 4 members (excludes halogenated alkanes) is 2. The predicted octanol–water partition coefficient (Wildman–Crippen LogP) is 3.24. The van der Waals surface area contributed by atoms with Crippen molar-refractivity contribution >= 4 is 46.3 Å². The van der Waals surface area contributed by atoms with Gasteiger partial charge in [0.15, 0.2) is 0 Å². The van der Waals surface area contributed by atoms with Crippen molar-refractivity contribution in [2.24, 2.45) is 0 Å². The van der Waals surface area contributed by atoms with Crippen molar-refractivity contribution < 1.29 is 19.8 Å². The molecule has 0 bridgehead atoms. The lowest BCUT2D eigenvalue weighted by Gasteiger charge is -2.13. The maximum atomic E-state index is 12.4. The molecule has 0 spiro atoms. The molecule has 0 radical (unpaired) electrons. The summed E-state index contributed by atoms with van der Waals surface area (Å²) in [6.45, 7) is 0.488. The Morgan fingerprint density at radius 1 is 1.26 bits per heavy atom. The van der Waals surface area contributed by atoms with Gasteiger partial charge in [-0.1, -0.05) is 48.6 Å². The van der Waals surface area contributed by atoms with Gasteiger partial charge < -0.3 is 10.2 Å². The molecule has 1 aromatic rings. The molecule has 2 N–H and O–H groups in total. The van der Waals surface area contributed by atoms with Crippen molar-refractivity contribution in [1.82, 2.24) is 4.90 Å². The second kappa shape index (κ2) is 8.12. The summed E-state index contributed by atoms with van der Waals surface area (Å²) >= 11 is 6.45. The third-order valence-corrected chi connectivity index (χ3v) is 4.75. The van der Waals surface area contributed by atoms with Crippen LogP contribution >= 0.6 is 24.0 Å². The van der Waals surface area contributed by atoms with E-state index in [9.17, 15) is 14.7 Å². The summed E-state index contributed by atoms with van der Waals surface area (Å²) in [4.78, 5) is 24.8. The number of nitrogens with zero attached hydrogens (tertiary/aromatic N) is 1. The SMILES string of the molecule is O=C(O)CCCCCN1C(=O)/C(=C\c2ccccc2O)SC1=S. The number of carboxylic acid groups (broad SMARTS) is 1. The van der Waals surface area contributed by atoms with Crippen molar-refractivity contribution in [3.8, 4) is 5.75 Å². The number of carbonyl (C=O) groups excluding carboxylic acids is 1. The summed E-state index contributed by atoms with van der Waals surface area (Å²) in [5.41, 5.74) is 0.578. The van der Waals surface area contributed by atoms with Gasteiger partial charge >= 0.3 is 5.97 Å². The van der Waals surface area contributed by atoms with Crippen molar-refractivity contribution in [1.29, 1.82) is 0 Å². The van der Waals surface area contributed by atoms with Crippen molar-refractivity contribution in [2.75, 3.05) is 6.54 Å². The fourth-order valence-electron chi connectivity index (χ4n) is 2.17. The quantitative estimate of drug-likeness (QED) is 0.446. The first-order valence-electron chi connectivity index (χ1n) is 7.24. The zero-order valence-electron chi connectivity index (χ0n) is 12.4. The second-order valence-electron chi connectivity index (χ2n) is 5.10. The Bertz CT molecular complexity index is 657. The molecule has 1 aliphatic heterocycles. The Morgan fingerprint density at radius 2 is 2.00 bits per heavy atom. The molecule has 1 saturated heterocycles. The Balaban J connectivity index is 1.95. The highest BCUT2D eigenvalue weighted by molar-refractivity contribution is 8.26. The number of para-hydroxylation sites is 1. The van der Waals surface area contributed by atoms with Crippen LogP contribution < -0.4 is 0 Å². The highest BCUT2D eigenvalue weighted by Crippen LogP contribution is 2.34. The van der Waals surface area contributed by atoms with Gasteiger partial charge in [-0.2, -0.15) is 0 Å². The number of carbonyl (C=O) groups is 2. The third kappa shape index (κ3) is 4.80. The Labute approximate surface area is 144 Å². The average Bonchev–Trinajstić information content (AvgIpc) is 2.76. The lowest BCUT2D eigenvalue weighted by Crippen LogP contribution is -2.29. The number of thioether (sulfide) groups is 1. The second-order valence-corrected chi connectivity index (χ2v) is 6.77. The first kappa shape index (κ1) is 17.5. The number of amides is 1. The van der Waals surface area contributed by atoms with Crippen LogP contribution in [0.25, 0.3) is 6.08 Å². The van der Waals surface area contributed by atoms with Crippen molar-refractivity contribution in [3.63, 3.8) is 0 Å². The van der Waals surface area contributed by atoms with Crippen LogP contribution in [-0.2, 0) is 9.59 Å². The van der Waals surface area contributed by atoms with E-state index in [2.05, 4.69) is 0 Å². The van der Waals surface area contributed by atoms with Gasteiger partial charge in [0.1, 0.15) is 10.1 Å². The molecule has 0 saturated carbocycles.